The fourth-order valence-corrected chi connectivity index (χ4v) is 2.56. The number of nitrogens with zero attached hydrogens (tertiary/aromatic N) is 1. The number of hydrogen-bond donors (Lipinski definition) is 1. The number of rotatable bonds is 3. The molecule has 2 nitrogen and oxygen atoms in total. The summed E-state index contributed by atoms with van der Waals surface area (Å²) in [5.74, 6) is 0. The van der Waals surface area contributed by atoms with Gasteiger partial charge in [0.15, 0.2) is 0 Å². The lowest BCUT2D eigenvalue weighted by Crippen LogP contribution is -2.19. The molecule has 0 aliphatic heterocycles. The van der Waals surface area contributed by atoms with E-state index in [-0.39, 0.29) is 12.0 Å². The van der Waals surface area contributed by atoms with Gasteiger partial charge in [-0.15, -0.1) is 0 Å². The van der Waals surface area contributed by atoms with Gasteiger partial charge in [-0.3, -0.25) is 4.98 Å². The fourth-order valence-electron chi connectivity index (χ4n) is 1.96. The topological polar surface area (TPSA) is 38.9 Å². The minimum Gasteiger partial charge on any atom is -0.324 e. The lowest BCUT2D eigenvalue weighted by molar-refractivity contribution is -0.138. The Bertz CT molecular complexity index is 627. The first-order valence-corrected chi connectivity index (χ1v) is 7.58. The van der Waals surface area contributed by atoms with Crippen molar-refractivity contribution in [3.8, 4) is 0 Å². The van der Waals surface area contributed by atoms with E-state index in [2.05, 4.69) is 36.8 Å². The average Bonchev–Trinajstić information content (AvgIpc) is 2.40. The van der Waals surface area contributed by atoms with Crippen molar-refractivity contribution < 1.29 is 13.2 Å². The Morgan fingerprint density at radius 2 is 1.76 bits per heavy atom. The van der Waals surface area contributed by atoms with E-state index < -0.39 is 17.8 Å². The third-order valence-electron chi connectivity index (χ3n) is 2.94. The highest BCUT2D eigenvalue weighted by Gasteiger charge is 2.34. The van der Waals surface area contributed by atoms with Gasteiger partial charge in [0, 0.05) is 33.3 Å². The molecule has 0 spiro atoms. The highest BCUT2D eigenvalue weighted by molar-refractivity contribution is 9.10. The van der Waals surface area contributed by atoms with Gasteiger partial charge in [0.1, 0.15) is 0 Å². The van der Waals surface area contributed by atoms with Crippen molar-refractivity contribution in [1.82, 2.24) is 4.98 Å². The van der Waals surface area contributed by atoms with Crippen molar-refractivity contribution in [2.45, 2.75) is 18.6 Å². The van der Waals surface area contributed by atoms with Gasteiger partial charge in [-0.25, -0.2) is 0 Å². The second-order valence-corrected chi connectivity index (χ2v) is 6.34. The molecule has 112 valence electrons. The van der Waals surface area contributed by atoms with Crippen LogP contribution in [0, 0.1) is 0 Å². The molecule has 1 heterocycles. The molecule has 0 saturated heterocycles. The summed E-state index contributed by atoms with van der Waals surface area (Å²) >= 11 is 6.31. The van der Waals surface area contributed by atoms with Crippen LogP contribution in [-0.2, 0) is 12.6 Å². The molecule has 2 N–H and O–H groups in total. The molecule has 2 rings (SSSR count). The molecular formula is C14H11Br2F3N2. The maximum Gasteiger partial charge on any atom is 0.416 e. The molecule has 21 heavy (non-hydrogen) atoms. The molecule has 0 fully saturated rings. The summed E-state index contributed by atoms with van der Waals surface area (Å²) in [6.45, 7) is 0. The zero-order valence-electron chi connectivity index (χ0n) is 10.7. The number of pyridine rings is 1. The number of nitrogens with two attached hydrogens (primary N) is 1. The molecule has 1 unspecified atom stereocenters. The largest absolute Gasteiger partial charge is 0.416 e. The fraction of sp³-hybridized carbons (Fsp3) is 0.214. The number of benzene rings is 1. The maximum atomic E-state index is 13.1. The molecule has 0 saturated carbocycles. The first-order chi connectivity index (χ1) is 9.77. The summed E-state index contributed by atoms with van der Waals surface area (Å²) in [5.41, 5.74) is 5.93. The lowest BCUT2D eigenvalue weighted by Gasteiger charge is -2.18. The molecule has 2 aromatic rings. The Morgan fingerprint density at radius 1 is 1.10 bits per heavy atom. The van der Waals surface area contributed by atoms with Gasteiger partial charge < -0.3 is 5.73 Å². The van der Waals surface area contributed by atoms with Gasteiger partial charge in [0.05, 0.1) is 5.56 Å². The molecule has 7 heteroatoms. The van der Waals surface area contributed by atoms with Crippen LogP contribution in [0.15, 0.2) is 45.5 Å². The second kappa shape index (κ2) is 6.46. The maximum absolute atomic E-state index is 13.1. The van der Waals surface area contributed by atoms with E-state index in [4.69, 9.17) is 5.73 Å². The first-order valence-electron chi connectivity index (χ1n) is 6.00. The standard InChI is InChI=1S/C14H11Br2F3N2/c15-8-2-4-11(12(5-8)14(17,18)19)13(20)6-10-3-1-9(16)7-21-10/h1-5,7,13H,6,20H2. The van der Waals surface area contributed by atoms with Crippen LogP contribution in [0.1, 0.15) is 22.9 Å². The summed E-state index contributed by atoms with van der Waals surface area (Å²) in [6, 6.07) is 6.74. The summed E-state index contributed by atoms with van der Waals surface area (Å²) in [4.78, 5) is 4.14. The normalized spacial score (nSPS) is 13.2. The van der Waals surface area contributed by atoms with Crippen molar-refractivity contribution >= 4 is 31.9 Å². The van der Waals surface area contributed by atoms with Crippen LogP contribution in [-0.4, -0.2) is 4.98 Å². The Hall–Kier alpha value is -0.920. The van der Waals surface area contributed by atoms with Crippen molar-refractivity contribution in [3.05, 3.63) is 62.3 Å². The molecule has 1 atom stereocenters. The molecule has 0 radical (unpaired) electrons. The SMILES string of the molecule is NC(Cc1ccc(Br)cn1)c1ccc(Br)cc1C(F)(F)F. The van der Waals surface area contributed by atoms with Crippen LogP contribution < -0.4 is 5.73 Å². The number of hydrogen-bond acceptors (Lipinski definition) is 2. The van der Waals surface area contributed by atoms with Crippen LogP contribution in [0.2, 0.25) is 0 Å². The Labute approximate surface area is 136 Å². The molecule has 0 aliphatic carbocycles. The van der Waals surface area contributed by atoms with E-state index in [1.807, 2.05) is 0 Å². The van der Waals surface area contributed by atoms with E-state index in [1.165, 1.54) is 6.07 Å². The van der Waals surface area contributed by atoms with E-state index in [1.54, 1.807) is 24.4 Å². The monoisotopic (exact) mass is 422 g/mol. The third-order valence-corrected chi connectivity index (χ3v) is 3.90. The number of halogens is 5. The van der Waals surface area contributed by atoms with E-state index in [9.17, 15) is 13.2 Å². The first kappa shape index (κ1) is 16.5. The summed E-state index contributed by atoms with van der Waals surface area (Å²) in [7, 11) is 0. The van der Waals surface area contributed by atoms with Gasteiger partial charge >= 0.3 is 6.18 Å². The minimum absolute atomic E-state index is 0.0652. The van der Waals surface area contributed by atoms with Gasteiger partial charge in [0.25, 0.3) is 0 Å². The lowest BCUT2D eigenvalue weighted by atomic mass is 9.97. The summed E-state index contributed by atoms with van der Waals surface area (Å²) in [5, 5.41) is 0. The molecule has 0 amide bonds. The molecule has 1 aromatic heterocycles. The third kappa shape index (κ3) is 4.28. The minimum atomic E-state index is -4.44. The summed E-state index contributed by atoms with van der Waals surface area (Å²) in [6.07, 6.45) is -2.61. The van der Waals surface area contributed by atoms with E-state index in [0.29, 0.717) is 10.2 Å². The molecule has 0 aliphatic rings. The predicted octanol–water partition coefficient (Wildman–Crippen LogP) is 4.87. The zero-order valence-corrected chi connectivity index (χ0v) is 13.8. The van der Waals surface area contributed by atoms with Crippen molar-refractivity contribution in [1.29, 1.82) is 0 Å². The van der Waals surface area contributed by atoms with Crippen LogP contribution in [0.3, 0.4) is 0 Å². The van der Waals surface area contributed by atoms with Crippen molar-refractivity contribution in [2.24, 2.45) is 5.73 Å². The predicted molar refractivity (Wildman–Crippen MR) is 81.7 cm³/mol. The van der Waals surface area contributed by atoms with Crippen LogP contribution in [0.5, 0.6) is 0 Å². The van der Waals surface area contributed by atoms with E-state index >= 15 is 0 Å². The quantitative estimate of drug-likeness (QED) is 0.764. The molecule has 1 aromatic carbocycles. The van der Waals surface area contributed by atoms with Crippen molar-refractivity contribution in [3.63, 3.8) is 0 Å². The van der Waals surface area contributed by atoms with Crippen LogP contribution in [0.25, 0.3) is 0 Å². The van der Waals surface area contributed by atoms with Gasteiger partial charge in [-0.05, 0) is 45.8 Å². The van der Waals surface area contributed by atoms with Gasteiger partial charge in [-0.2, -0.15) is 13.2 Å². The second-order valence-electron chi connectivity index (χ2n) is 4.51. The van der Waals surface area contributed by atoms with E-state index in [0.717, 1.165) is 10.5 Å². The van der Waals surface area contributed by atoms with Crippen LogP contribution >= 0.6 is 31.9 Å². The average molecular weight is 424 g/mol. The Kier molecular flexibility index (Phi) is 5.06. The van der Waals surface area contributed by atoms with Gasteiger partial charge in [-0.1, -0.05) is 22.0 Å². The van der Waals surface area contributed by atoms with Crippen LogP contribution in [0.4, 0.5) is 13.2 Å². The van der Waals surface area contributed by atoms with Gasteiger partial charge in [0.2, 0.25) is 0 Å². The molecular weight excluding hydrogens is 413 g/mol. The number of alkyl halides is 3. The highest BCUT2D eigenvalue weighted by Crippen LogP contribution is 2.36. The smallest absolute Gasteiger partial charge is 0.324 e. The zero-order chi connectivity index (χ0) is 15.6. The Morgan fingerprint density at radius 3 is 2.33 bits per heavy atom. The molecule has 0 bridgehead atoms. The van der Waals surface area contributed by atoms with Crippen molar-refractivity contribution in [2.75, 3.05) is 0 Å². The number of aromatic nitrogens is 1. The Balaban J connectivity index is 2.30. The highest BCUT2D eigenvalue weighted by atomic mass is 79.9. The summed E-state index contributed by atoms with van der Waals surface area (Å²) < 4.78 is 40.4.